The molecule has 0 atom stereocenters. The molecule has 0 aliphatic carbocycles. The van der Waals surface area contributed by atoms with Crippen LogP contribution in [-0.2, 0) is 6.54 Å². The molecule has 0 saturated carbocycles. The second kappa shape index (κ2) is 3.85. The fourth-order valence-corrected chi connectivity index (χ4v) is 1.28. The van der Waals surface area contributed by atoms with Crippen LogP contribution in [0.5, 0.6) is 0 Å². The Bertz CT molecular complexity index is 292. The molecule has 13 heavy (non-hydrogen) atoms. The van der Waals surface area contributed by atoms with Crippen LogP contribution >= 0.6 is 22.6 Å². The van der Waals surface area contributed by atoms with Gasteiger partial charge in [-0.2, -0.15) is 18.3 Å². The summed E-state index contributed by atoms with van der Waals surface area (Å²) in [5.41, 5.74) is 0.782. The van der Waals surface area contributed by atoms with Gasteiger partial charge in [-0.05, 0) is 29.5 Å². The fourth-order valence-electron chi connectivity index (χ4n) is 0.882. The van der Waals surface area contributed by atoms with Crippen LogP contribution < -0.4 is 0 Å². The molecular formula is C7H8F3IN2. The summed E-state index contributed by atoms with van der Waals surface area (Å²) in [6.45, 7) is 1.66. The van der Waals surface area contributed by atoms with Gasteiger partial charge in [-0.25, -0.2) is 0 Å². The summed E-state index contributed by atoms with van der Waals surface area (Å²) in [4.78, 5) is 0. The van der Waals surface area contributed by atoms with Crippen LogP contribution in [0.1, 0.15) is 12.1 Å². The van der Waals surface area contributed by atoms with E-state index in [4.69, 9.17) is 0 Å². The van der Waals surface area contributed by atoms with E-state index in [2.05, 4.69) is 5.10 Å². The molecule has 0 aromatic carbocycles. The van der Waals surface area contributed by atoms with Crippen molar-refractivity contribution in [2.75, 3.05) is 0 Å². The third-order valence-corrected chi connectivity index (χ3v) is 2.71. The molecule has 1 aromatic rings. The Morgan fingerprint density at radius 2 is 2.15 bits per heavy atom. The molecule has 0 amide bonds. The average molecular weight is 304 g/mol. The van der Waals surface area contributed by atoms with Gasteiger partial charge in [0.25, 0.3) is 0 Å². The molecule has 0 aliphatic rings. The summed E-state index contributed by atoms with van der Waals surface area (Å²) in [6.07, 6.45) is -3.37. The van der Waals surface area contributed by atoms with Crippen LogP contribution in [-0.4, -0.2) is 16.0 Å². The highest BCUT2D eigenvalue weighted by atomic mass is 127. The Hall–Kier alpha value is -0.270. The summed E-state index contributed by atoms with van der Waals surface area (Å²) in [5, 5.41) is 3.83. The van der Waals surface area contributed by atoms with E-state index in [1.807, 2.05) is 22.6 Å². The highest BCUT2D eigenvalue weighted by Gasteiger charge is 2.27. The van der Waals surface area contributed by atoms with E-state index in [-0.39, 0.29) is 6.54 Å². The number of rotatable bonds is 2. The number of hydrogen-bond acceptors (Lipinski definition) is 1. The molecule has 0 spiro atoms. The van der Waals surface area contributed by atoms with Crippen LogP contribution in [0, 0.1) is 10.5 Å². The maximum Gasteiger partial charge on any atom is 0.390 e. The van der Waals surface area contributed by atoms with Crippen molar-refractivity contribution in [3.8, 4) is 0 Å². The van der Waals surface area contributed by atoms with E-state index in [0.29, 0.717) is 0 Å². The summed E-state index contributed by atoms with van der Waals surface area (Å²) in [5.74, 6) is 0. The Kier molecular flexibility index (Phi) is 3.20. The van der Waals surface area contributed by atoms with Crippen LogP contribution in [0.15, 0.2) is 6.20 Å². The number of halogens is 4. The van der Waals surface area contributed by atoms with Crippen molar-refractivity contribution in [3.63, 3.8) is 0 Å². The molecule has 0 N–H and O–H groups in total. The smallest absolute Gasteiger partial charge is 0.268 e. The topological polar surface area (TPSA) is 17.8 Å². The Labute approximate surface area is 87.3 Å². The van der Waals surface area contributed by atoms with Gasteiger partial charge < -0.3 is 0 Å². The molecular weight excluding hydrogens is 296 g/mol. The SMILES string of the molecule is Cc1c(I)cnn1CCC(F)(F)F. The highest BCUT2D eigenvalue weighted by Crippen LogP contribution is 2.21. The van der Waals surface area contributed by atoms with Gasteiger partial charge in [-0.1, -0.05) is 0 Å². The minimum atomic E-state index is -4.11. The normalized spacial score (nSPS) is 12.1. The van der Waals surface area contributed by atoms with E-state index in [0.717, 1.165) is 9.26 Å². The lowest BCUT2D eigenvalue weighted by Gasteiger charge is -2.07. The predicted molar refractivity (Wildman–Crippen MR) is 50.4 cm³/mol. The summed E-state index contributed by atoms with van der Waals surface area (Å²) in [6, 6.07) is 0. The molecule has 0 unspecified atom stereocenters. The van der Waals surface area contributed by atoms with E-state index < -0.39 is 12.6 Å². The first-order valence-electron chi connectivity index (χ1n) is 3.65. The van der Waals surface area contributed by atoms with E-state index in [9.17, 15) is 13.2 Å². The first-order chi connectivity index (χ1) is 5.90. The zero-order chi connectivity index (χ0) is 10.1. The summed E-state index contributed by atoms with van der Waals surface area (Å²) in [7, 11) is 0. The molecule has 0 aliphatic heterocycles. The Morgan fingerprint density at radius 3 is 2.54 bits per heavy atom. The van der Waals surface area contributed by atoms with Crippen LogP contribution in [0.25, 0.3) is 0 Å². The maximum absolute atomic E-state index is 11.8. The van der Waals surface area contributed by atoms with Gasteiger partial charge in [0, 0.05) is 12.2 Å². The number of nitrogens with zero attached hydrogens (tertiary/aromatic N) is 2. The van der Waals surface area contributed by atoms with E-state index in [1.165, 1.54) is 4.68 Å². The van der Waals surface area contributed by atoms with Gasteiger partial charge in [-0.15, -0.1) is 0 Å². The standard InChI is InChI=1S/C7H8F3IN2/c1-5-6(11)4-12-13(5)3-2-7(8,9)10/h4H,2-3H2,1H3. The monoisotopic (exact) mass is 304 g/mol. The van der Waals surface area contributed by atoms with Crippen molar-refractivity contribution in [1.82, 2.24) is 9.78 Å². The van der Waals surface area contributed by atoms with Gasteiger partial charge in [0.15, 0.2) is 0 Å². The number of hydrogen-bond donors (Lipinski definition) is 0. The lowest BCUT2D eigenvalue weighted by Crippen LogP contribution is -2.13. The molecule has 0 fully saturated rings. The fraction of sp³-hybridized carbons (Fsp3) is 0.571. The van der Waals surface area contributed by atoms with Crippen molar-refractivity contribution < 1.29 is 13.2 Å². The maximum atomic E-state index is 11.8. The van der Waals surface area contributed by atoms with Gasteiger partial charge in [0.2, 0.25) is 0 Å². The van der Waals surface area contributed by atoms with Crippen molar-refractivity contribution in [3.05, 3.63) is 15.5 Å². The first kappa shape index (κ1) is 10.8. The predicted octanol–water partition coefficient (Wildman–Crippen LogP) is 2.75. The lowest BCUT2D eigenvalue weighted by molar-refractivity contribution is -0.137. The first-order valence-corrected chi connectivity index (χ1v) is 4.72. The minimum absolute atomic E-state index is 0.0989. The molecule has 6 heteroatoms. The third kappa shape index (κ3) is 3.17. The number of aromatic nitrogens is 2. The van der Waals surface area contributed by atoms with Crippen molar-refractivity contribution in [1.29, 1.82) is 0 Å². The average Bonchev–Trinajstić information content (AvgIpc) is 2.29. The highest BCUT2D eigenvalue weighted by molar-refractivity contribution is 14.1. The second-order valence-corrected chi connectivity index (χ2v) is 3.83. The van der Waals surface area contributed by atoms with Crippen LogP contribution in [0.4, 0.5) is 13.2 Å². The van der Waals surface area contributed by atoms with Gasteiger partial charge in [0.1, 0.15) is 0 Å². The molecule has 0 radical (unpaired) electrons. The van der Waals surface area contributed by atoms with Crippen molar-refractivity contribution >= 4 is 22.6 Å². The summed E-state index contributed by atoms with van der Waals surface area (Å²) < 4.78 is 37.8. The molecule has 0 bridgehead atoms. The molecule has 74 valence electrons. The Morgan fingerprint density at radius 1 is 1.54 bits per heavy atom. The molecule has 2 nitrogen and oxygen atoms in total. The van der Waals surface area contributed by atoms with E-state index >= 15 is 0 Å². The number of aryl methyl sites for hydroxylation is 1. The van der Waals surface area contributed by atoms with Gasteiger partial charge >= 0.3 is 6.18 Å². The minimum Gasteiger partial charge on any atom is -0.268 e. The zero-order valence-electron chi connectivity index (χ0n) is 6.90. The molecule has 0 saturated heterocycles. The van der Waals surface area contributed by atoms with Crippen LogP contribution in [0.2, 0.25) is 0 Å². The summed E-state index contributed by atoms with van der Waals surface area (Å²) >= 11 is 2.04. The lowest BCUT2D eigenvalue weighted by atomic mass is 10.4. The van der Waals surface area contributed by atoms with Gasteiger partial charge in [0.05, 0.1) is 16.2 Å². The Balaban J connectivity index is 2.60. The quantitative estimate of drug-likeness (QED) is 0.768. The van der Waals surface area contributed by atoms with Gasteiger partial charge in [-0.3, -0.25) is 4.68 Å². The zero-order valence-corrected chi connectivity index (χ0v) is 9.06. The van der Waals surface area contributed by atoms with Crippen LogP contribution in [0.3, 0.4) is 0 Å². The molecule has 1 rings (SSSR count). The number of alkyl halides is 3. The van der Waals surface area contributed by atoms with Crippen molar-refractivity contribution in [2.45, 2.75) is 26.1 Å². The second-order valence-electron chi connectivity index (χ2n) is 2.67. The largest absolute Gasteiger partial charge is 0.390 e. The van der Waals surface area contributed by atoms with Crippen molar-refractivity contribution in [2.24, 2.45) is 0 Å². The third-order valence-electron chi connectivity index (χ3n) is 1.65. The van der Waals surface area contributed by atoms with E-state index in [1.54, 1.807) is 13.1 Å². The molecule has 1 aromatic heterocycles. The molecule has 1 heterocycles.